The van der Waals surface area contributed by atoms with Gasteiger partial charge in [-0.05, 0) is 12.8 Å². The predicted molar refractivity (Wildman–Crippen MR) is 70.8 cm³/mol. The monoisotopic (exact) mass is 302 g/mol. The molecule has 1 saturated heterocycles. The summed E-state index contributed by atoms with van der Waals surface area (Å²) in [5.74, 6) is -1.10. The Morgan fingerprint density at radius 1 is 1.24 bits per heavy atom. The van der Waals surface area contributed by atoms with E-state index < -0.39 is 12.0 Å². The topological polar surface area (TPSA) is 64.3 Å². The van der Waals surface area contributed by atoms with E-state index in [9.17, 15) is 13.2 Å². The molecule has 2 aliphatic rings. The van der Waals surface area contributed by atoms with Crippen LogP contribution in [0.1, 0.15) is 31.5 Å². The van der Waals surface area contributed by atoms with E-state index in [2.05, 4.69) is 9.97 Å². The van der Waals surface area contributed by atoms with Crippen LogP contribution in [0, 0.1) is 0 Å². The highest BCUT2D eigenvalue weighted by Crippen LogP contribution is 2.33. The van der Waals surface area contributed by atoms with Crippen LogP contribution in [0.2, 0.25) is 0 Å². The molecule has 8 heteroatoms. The van der Waals surface area contributed by atoms with Gasteiger partial charge < -0.3 is 15.4 Å². The van der Waals surface area contributed by atoms with Crippen LogP contribution in [0.3, 0.4) is 0 Å². The Hall–Kier alpha value is -1.57. The van der Waals surface area contributed by atoms with Crippen LogP contribution in [-0.2, 0) is 10.9 Å². The quantitative estimate of drug-likeness (QED) is 0.862. The van der Waals surface area contributed by atoms with Gasteiger partial charge >= 0.3 is 6.18 Å². The summed E-state index contributed by atoms with van der Waals surface area (Å²) in [4.78, 5) is 8.85. The SMILES string of the molecule is Nc1cc(N2CCOC3CCCCC32)nc(C(F)(F)F)n1. The molecule has 2 heterocycles. The van der Waals surface area contributed by atoms with Crippen LogP contribution < -0.4 is 10.6 Å². The Kier molecular flexibility index (Phi) is 3.64. The number of ether oxygens (including phenoxy) is 1. The summed E-state index contributed by atoms with van der Waals surface area (Å²) < 4.78 is 44.2. The van der Waals surface area contributed by atoms with Crippen molar-refractivity contribution >= 4 is 11.6 Å². The minimum Gasteiger partial charge on any atom is -0.384 e. The summed E-state index contributed by atoms with van der Waals surface area (Å²) >= 11 is 0. The summed E-state index contributed by atoms with van der Waals surface area (Å²) in [5.41, 5.74) is 5.52. The summed E-state index contributed by atoms with van der Waals surface area (Å²) in [7, 11) is 0. The Balaban J connectivity index is 1.93. The molecule has 2 atom stereocenters. The molecule has 0 amide bonds. The first-order valence-corrected chi connectivity index (χ1v) is 7.05. The molecule has 0 aromatic carbocycles. The zero-order chi connectivity index (χ0) is 15.0. The predicted octanol–water partition coefficient (Wildman–Crippen LogP) is 2.23. The van der Waals surface area contributed by atoms with E-state index in [1.807, 2.05) is 4.90 Å². The molecule has 1 aliphatic carbocycles. The van der Waals surface area contributed by atoms with Crippen LogP contribution in [0.4, 0.5) is 24.8 Å². The second-order valence-corrected chi connectivity index (χ2v) is 5.43. The molecule has 0 bridgehead atoms. The lowest BCUT2D eigenvalue weighted by Crippen LogP contribution is -2.53. The van der Waals surface area contributed by atoms with E-state index in [1.165, 1.54) is 6.07 Å². The molecule has 116 valence electrons. The van der Waals surface area contributed by atoms with Gasteiger partial charge in [-0.25, -0.2) is 9.97 Å². The molecule has 2 N–H and O–H groups in total. The molecule has 2 fully saturated rings. The maximum atomic E-state index is 12.8. The number of fused-ring (bicyclic) bond motifs is 1. The lowest BCUT2D eigenvalue weighted by Gasteiger charge is -2.44. The number of alkyl halides is 3. The Morgan fingerprint density at radius 2 is 2.00 bits per heavy atom. The van der Waals surface area contributed by atoms with Gasteiger partial charge in [0.25, 0.3) is 0 Å². The fourth-order valence-corrected chi connectivity index (χ4v) is 3.11. The third-order valence-corrected chi connectivity index (χ3v) is 4.01. The Morgan fingerprint density at radius 3 is 2.76 bits per heavy atom. The lowest BCUT2D eigenvalue weighted by molar-refractivity contribution is -0.144. The first-order chi connectivity index (χ1) is 9.95. The van der Waals surface area contributed by atoms with Crippen LogP contribution in [-0.4, -0.2) is 35.3 Å². The van der Waals surface area contributed by atoms with Crippen LogP contribution in [0.5, 0.6) is 0 Å². The van der Waals surface area contributed by atoms with E-state index in [1.54, 1.807) is 0 Å². The summed E-state index contributed by atoms with van der Waals surface area (Å²) in [5, 5.41) is 0. The van der Waals surface area contributed by atoms with Crippen molar-refractivity contribution in [3.8, 4) is 0 Å². The summed E-state index contributed by atoms with van der Waals surface area (Å²) in [6.07, 6.45) is -0.549. The van der Waals surface area contributed by atoms with Crippen molar-refractivity contribution < 1.29 is 17.9 Å². The zero-order valence-corrected chi connectivity index (χ0v) is 11.4. The second kappa shape index (κ2) is 5.32. The van der Waals surface area contributed by atoms with Gasteiger partial charge in [-0.1, -0.05) is 12.8 Å². The molecule has 1 saturated carbocycles. The fourth-order valence-electron chi connectivity index (χ4n) is 3.11. The highest BCUT2D eigenvalue weighted by Gasteiger charge is 2.38. The fraction of sp³-hybridized carbons (Fsp3) is 0.692. The zero-order valence-electron chi connectivity index (χ0n) is 11.4. The van der Waals surface area contributed by atoms with Gasteiger partial charge in [-0.15, -0.1) is 0 Å². The van der Waals surface area contributed by atoms with Gasteiger partial charge in [0.2, 0.25) is 5.82 Å². The smallest absolute Gasteiger partial charge is 0.384 e. The molecule has 1 aromatic rings. The second-order valence-electron chi connectivity index (χ2n) is 5.43. The number of hydrogen-bond acceptors (Lipinski definition) is 5. The molecule has 1 aromatic heterocycles. The van der Waals surface area contributed by atoms with Crippen LogP contribution >= 0.6 is 0 Å². The Bertz CT molecular complexity index is 521. The molecular weight excluding hydrogens is 285 g/mol. The molecule has 0 radical (unpaired) electrons. The molecular formula is C13H17F3N4O. The van der Waals surface area contributed by atoms with Gasteiger partial charge in [0, 0.05) is 12.6 Å². The van der Waals surface area contributed by atoms with Crippen molar-refractivity contribution in [1.82, 2.24) is 9.97 Å². The van der Waals surface area contributed by atoms with Gasteiger partial charge in [-0.3, -0.25) is 0 Å². The number of morpholine rings is 1. The first-order valence-electron chi connectivity index (χ1n) is 7.05. The molecule has 5 nitrogen and oxygen atoms in total. The van der Waals surface area contributed by atoms with Crippen LogP contribution in [0.25, 0.3) is 0 Å². The number of nitrogen functional groups attached to an aromatic ring is 1. The number of anilines is 2. The normalized spacial score (nSPS) is 26.5. The molecule has 2 unspecified atom stereocenters. The lowest BCUT2D eigenvalue weighted by atomic mass is 9.90. The molecule has 0 spiro atoms. The third kappa shape index (κ3) is 2.90. The average molecular weight is 302 g/mol. The molecule has 3 rings (SSSR count). The highest BCUT2D eigenvalue weighted by atomic mass is 19.4. The average Bonchev–Trinajstić information content (AvgIpc) is 2.45. The van der Waals surface area contributed by atoms with Crippen molar-refractivity contribution in [2.45, 2.75) is 44.0 Å². The van der Waals surface area contributed by atoms with Crippen molar-refractivity contribution in [1.29, 1.82) is 0 Å². The van der Waals surface area contributed by atoms with Crippen molar-refractivity contribution in [2.24, 2.45) is 0 Å². The van der Waals surface area contributed by atoms with E-state index in [-0.39, 0.29) is 23.8 Å². The van der Waals surface area contributed by atoms with Crippen molar-refractivity contribution in [3.63, 3.8) is 0 Å². The maximum absolute atomic E-state index is 12.8. The van der Waals surface area contributed by atoms with Crippen molar-refractivity contribution in [3.05, 3.63) is 11.9 Å². The van der Waals surface area contributed by atoms with Gasteiger partial charge in [0.1, 0.15) is 11.6 Å². The number of halogens is 3. The third-order valence-electron chi connectivity index (χ3n) is 4.01. The van der Waals surface area contributed by atoms with Gasteiger partial charge in [0.05, 0.1) is 18.8 Å². The van der Waals surface area contributed by atoms with Crippen molar-refractivity contribution in [2.75, 3.05) is 23.8 Å². The van der Waals surface area contributed by atoms with E-state index in [4.69, 9.17) is 10.5 Å². The Labute approximate surface area is 120 Å². The molecule has 21 heavy (non-hydrogen) atoms. The van der Waals surface area contributed by atoms with E-state index in [0.29, 0.717) is 13.2 Å². The highest BCUT2D eigenvalue weighted by molar-refractivity contribution is 5.48. The first kappa shape index (κ1) is 14.4. The number of nitrogens with two attached hydrogens (primary N) is 1. The number of aromatic nitrogens is 2. The van der Waals surface area contributed by atoms with E-state index >= 15 is 0 Å². The minimum absolute atomic E-state index is 0.0676. The van der Waals surface area contributed by atoms with Gasteiger partial charge in [0.15, 0.2) is 0 Å². The molecule has 1 aliphatic heterocycles. The standard InChI is InChI=1S/C13H17F3N4O/c14-13(15,16)12-18-10(17)7-11(19-12)20-5-6-21-9-4-2-1-3-8(9)20/h7-9H,1-6H2,(H2,17,18,19). The maximum Gasteiger partial charge on any atom is 0.451 e. The summed E-state index contributed by atoms with van der Waals surface area (Å²) in [6.45, 7) is 1.02. The number of nitrogens with zero attached hydrogens (tertiary/aromatic N) is 3. The van der Waals surface area contributed by atoms with Gasteiger partial charge in [-0.2, -0.15) is 13.2 Å². The summed E-state index contributed by atoms with van der Waals surface area (Å²) in [6, 6.07) is 1.48. The largest absolute Gasteiger partial charge is 0.451 e. The van der Waals surface area contributed by atoms with Crippen LogP contribution in [0.15, 0.2) is 6.07 Å². The number of hydrogen-bond donors (Lipinski definition) is 1. The van der Waals surface area contributed by atoms with E-state index in [0.717, 1.165) is 25.7 Å². The minimum atomic E-state index is -4.59. The number of rotatable bonds is 1.